The van der Waals surface area contributed by atoms with Crippen molar-refractivity contribution in [2.45, 2.75) is 44.6 Å². The second-order valence-corrected chi connectivity index (χ2v) is 7.33. The highest BCUT2D eigenvalue weighted by molar-refractivity contribution is 8.14. The Morgan fingerprint density at radius 2 is 1.95 bits per heavy atom. The summed E-state index contributed by atoms with van der Waals surface area (Å²) < 4.78 is 5.29. The van der Waals surface area contributed by atoms with Crippen LogP contribution in [-0.2, 0) is 16.1 Å². The second kappa shape index (κ2) is 7.68. The Kier molecular flexibility index (Phi) is 6.55. The van der Waals surface area contributed by atoms with Crippen molar-refractivity contribution in [2.24, 2.45) is 0 Å². The monoisotopic (exact) mass is 282 g/mol. The van der Waals surface area contributed by atoms with Crippen molar-refractivity contribution >= 4 is 16.9 Å². The first kappa shape index (κ1) is 16.2. The Hall–Kier alpha value is -0.840. The maximum atomic E-state index is 11.6. The Morgan fingerprint density at radius 3 is 2.53 bits per heavy atom. The molecule has 1 rings (SSSR count). The van der Waals surface area contributed by atoms with Crippen LogP contribution in [0.3, 0.4) is 0 Å². The summed E-state index contributed by atoms with van der Waals surface area (Å²) in [7, 11) is 0. The van der Waals surface area contributed by atoms with Crippen molar-refractivity contribution in [1.82, 2.24) is 0 Å². The van der Waals surface area contributed by atoms with Crippen LogP contribution in [0, 0.1) is 0 Å². The third-order valence-corrected chi connectivity index (χ3v) is 3.25. The van der Waals surface area contributed by atoms with Crippen molar-refractivity contribution < 1.29 is 14.6 Å². The van der Waals surface area contributed by atoms with Gasteiger partial charge in [0.1, 0.15) is 0 Å². The number of aliphatic hydroxyl groups excluding tert-OH is 1. The third kappa shape index (κ3) is 8.03. The molecule has 0 aromatic heterocycles. The van der Waals surface area contributed by atoms with Crippen molar-refractivity contribution in [2.75, 3.05) is 6.61 Å². The van der Waals surface area contributed by atoms with Gasteiger partial charge in [0.25, 0.3) is 0 Å². The van der Waals surface area contributed by atoms with E-state index in [0.717, 1.165) is 5.56 Å². The molecule has 4 heteroatoms. The number of ether oxygens (including phenoxy) is 1. The standard InChI is InChI=1S/C15H22O3S/c1-15(2,3)19-14(17)9-13(16)11-18-10-12-7-5-4-6-8-12/h4-8,13,16H,9-11H2,1-3H3/t13-/m1/s1. The summed E-state index contributed by atoms with van der Waals surface area (Å²) in [6.45, 7) is 6.58. The van der Waals surface area contributed by atoms with E-state index in [9.17, 15) is 9.90 Å². The molecule has 1 aromatic carbocycles. The average Bonchev–Trinajstić information content (AvgIpc) is 2.27. The summed E-state index contributed by atoms with van der Waals surface area (Å²) >= 11 is 1.26. The van der Waals surface area contributed by atoms with Crippen LogP contribution in [0.15, 0.2) is 30.3 Å². The molecule has 0 radical (unpaired) electrons. The molecule has 0 bridgehead atoms. The van der Waals surface area contributed by atoms with E-state index in [2.05, 4.69) is 0 Å². The summed E-state index contributed by atoms with van der Waals surface area (Å²) in [6.07, 6.45) is -0.595. The maximum Gasteiger partial charge on any atom is 0.192 e. The summed E-state index contributed by atoms with van der Waals surface area (Å²) in [6, 6.07) is 9.76. The van der Waals surface area contributed by atoms with Gasteiger partial charge in [-0.1, -0.05) is 62.9 Å². The van der Waals surface area contributed by atoms with Crippen LogP contribution in [0.1, 0.15) is 32.8 Å². The highest BCUT2D eigenvalue weighted by Crippen LogP contribution is 2.25. The van der Waals surface area contributed by atoms with Crippen LogP contribution in [0.25, 0.3) is 0 Å². The number of carbonyl (C=O) groups excluding carboxylic acids is 1. The van der Waals surface area contributed by atoms with Gasteiger partial charge in [-0.15, -0.1) is 0 Å². The lowest BCUT2D eigenvalue weighted by atomic mass is 10.2. The molecule has 1 aromatic rings. The van der Waals surface area contributed by atoms with E-state index < -0.39 is 6.10 Å². The minimum absolute atomic E-state index is 0.00307. The summed E-state index contributed by atoms with van der Waals surface area (Å²) in [5, 5.41) is 9.74. The molecule has 0 aliphatic heterocycles. The SMILES string of the molecule is CC(C)(C)SC(=O)C[C@@H](O)COCc1ccccc1. The van der Waals surface area contributed by atoms with Crippen LogP contribution in [0.2, 0.25) is 0 Å². The van der Waals surface area contributed by atoms with Gasteiger partial charge in [-0.25, -0.2) is 0 Å². The van der Waals surface area contributed by atoms with Crippen LogP contribution in [0.4, 0.5) is 0 Å². The lowest BCUT2D eigenvalue weighted by molar-refractivity contribution is -0.113. The fraction of sp³-hybridized carbons (Fsp3) is 0.533. The number of benzene rings is 1. The van der Waals surface area contributed by atoms with Gasteiger partial charge in [0.2, 0.25) is 0 Å². The fourth-order valence-electron chi connectivity index (χ4n) is 1.52. The van der Waals surface area contributed by atoms with E-state index in [1.54, 1.807) is 0 Å². The molecule has 0 saturated carbocycles. The molecule has 0 fully saturated rings. The van der Waals surface area contributed by atoms with Gasteiger partial charge in [0, 0.05) is 11.2 Å². The van der Waals surface area contributed by atoms with Crippen molar-refractivity contribution in [1.29, 1.82) is 0 Å². The van der Waals surface area contributed by atoms with Crippen molar-refractivity contribution in [3.63, 3.8) is 0 Å². The van der Waals surface area contributed by atoms with Crippen molar-refractivity contribution in [3.05, 3.63) is 35.9 Å². The topological polar surface area (TPSA) is 46.5 Å². The molecule has 3 nitrogen and oxygen atoms in total. The Bertz CT molecular complexity index is 384. The second-order valence-electron chi connectivity index (χ2n) is 5.45. The van der Waals surface area contributed by atoms with E-state index in [-0.39, 0.29) is 22.9 Å². The molecule has 0 unspecified atom stereocenters. The number of hydrogen-bond donors (Lipinski definition) is 1. The first-order valence-corrected chi connectivity index (χ1v) is 7.20. The molecule has 0 spiro atoms. The van der Waals surface area contributed by atoms with Crippen LogP contribution in [0.5, 0.6) is 0 Å². The van der Waals surface area contributed by atoms with Crippen molar-refractivity contribution in [3.8, 4) is 0 Å². The van der Waals surface area contributed by atoms with Crippen LogP contribution in [-0.4, -0.2) is 27.7 Å². The summed E-state index contributed by atoms with van der Waals surface area (Å²) in [4.78, 5) is 11.6. The Morgan fingerprint density at radius 1 is 1.32 bits per heavy atom. The minimum Gasteiger partial charge on any atom is -0.390 e. The lowest BCUT2D eigenvalue weighted by Gasteiger charge is -2.17. The Balaban J connectivity index is 2.21. The van der Waals surface area contributed by atoms with Gasteiger partial charge in [0.15, 0.2) is 5.12 Å². The zero-order chi connectivity index (χ0) is 14.3. The van der Waals surface area contributed by atoms with E-state index >= 15 is 0 Å². The molecule has 0 aliphatic rings. The number of rotatable bonds is 6. The normalized spacial score (nSPS) is 13.3. The fourth-order valence-corrected chi connectivity index (χ4v) is 2.48. The molecule has 106 valence electrons. The quantitative estimate of drug-likeness (QED) is 0.871. The van der Waals surface area contributed by atoms with Crippen LogP contribution >= 0.6 is 11.8 Å². The van der Waals surface area contributed by atoms with Gasteiger partial charge in [0.05, 0.1) is 19.3 Å². The van der Waals surface area contributed by atoms with E-state index in [1.165, 1.54) is 11.8 Å². The Labute approximate surface area is 119 Å². The van der Waals surface area contributed by atoms with Gasteiger partial charge in [-0.3, -0.25) is 4.79 Å². The van der Waals surface area contributed by atoms with Crippen LogP contribution < -0.4 is 0 Å². The first-order chi connectivity index (χ1) is 8.87. The number of aliphatic hydroxyl groups is 1. The molecular weight excluding hydrogens is 260 g/mol. The zero-order valence-corrected chi connectivity index (χ0v) is 12.6. The highest BCUT2D eigenvalue weighted by atomic mass is 32.2. The first-order valence-electron chi connectivity index (χ1n) is 6.38. The smallest absolute Gasteiger partial charge is 0.192 e. The zero-order valence-electron chi connectivity index (χ0n) is 11.8. The predicted molar refractivity (Wildman–Crippen MR) is 79.1 cm³/mol. The third-order valence-electron chi connectivity index (χ3n) is 2.24. The van der Waals surface area contributed by atoms with E-state index in [0.29, 0.717) is 6.61 Å². The number of carbonyl (C=O) groups is 1. The van der Waals surface area contributed by atoms with Gasteiger partial charge in [-0.05, 0) is 5.56 Å². The molecule has 0 aliphatic carbocycles. The molecule has 1 atom stereocenters. The van der Waals surface area contributed by atoms with Gasteiger partial charge >= 0.3 is 0 Å². The highest BCUT2D eigenvalue weighted by Gasteiger charge is 2.19. The molecule has 0 heterocycles. The molecular formula is C15H22O3S. The number of hydrogen-bond acceptors (Lipinski definition) is 4. The number of thioether (sulfide) groups is 1. The van der Waals surface area contributed by atoms with Gasteiger partial charge in [-0.2, -0.15) is 0 Å². The molecule has 1 N–H and O–H groups in total. The largest absolute Gasteiger partial charge is 0.390 e. The molecule has 19 heavy (non-hydrogen) atoms. The van der Waals surface area contributed by atoms with E-state index in [4.69, 9.17) is 4.74 Å². The lowest BCUT2D eigenvalue weighted by Crippen LogP contribution is -2.21. The summed E-state index contributed by atoms with van der Waals surface area (Å²) in [5.41, 5.74) is 1.06. The molecule has 0 saturated heterocycles. The van der Waals surface area contributed by atoms with E-state index in [1.807, 2.05) is 51.1 Å². The predicted octanol–water partition coefficient (Wildman–Crippen LogP) is 3.01. The average molecular weight is 282 g/mol. The molecule has 0 amide bonds. The summed E-state index contributed by atoms with van der Waals surface area (Å²) in [5.74, 6) is 0. The van der Waals surface area contributed by atoms with Gasteiger partial charge < -0.3 is 9.84 Å². The maximum absolute atomic E-state index is 11.6. The minimum atomic E-state index is -0.730.